The largest absolute Gasteiger partial charge is 0.303 e. The van der Waals surface area contributed by atoms with Gasteiger partial charge in [-0.3, -0.25) is 0 Å². The molecule has 1 nitrogen and oxygen atoms in total. The van der Waals surface area contributed by atoms with Crippen LogP contribution in [0.15, 0.2) is 30.3 Å². The monoisotopic (exact) mass is 165 g/mol. The number of hydrogen-bond acceptors (Lipinski definition) is 1. The minimum absolute atomic E-state index is 0.202. The molecule has 12 heavy (non-hydrogen) atoms. The van der Waals surface area contributed by atoms with E-state index in [1.165, 1.54) is 0 Å². The van der Waals surface area contributed by atoms with E-state index in [0.29, 0.717) is 5.56 Å². The van der Waals surface area contributed by atoms with E-state index in [-0.39, 0.29) is 19.0 Å². The summed E-state index contributed by atoms with van der Waals surface area (Å²) >= 11 is 0. The Balaban J connectivity index is 2.53. The van der Waals surface area contributed by atoms with Crippen molar-refractivity contribution in [2.75, 3.05) is 0 Å². The summed E-state index contributed by atoms with van der Waals surface area (Å²) in [5.74, 6) is 0. The van der Waals surface area contributed by atoms with Crippen LogP contribution in [0.1, 0.15) is 18.4 Å². The molecule has 63 valence electrons. The van der Waals surface area contributed by atoms with E-state index in [1.807, 2.05) is 6.07 Å². The molecule has 1 aromatic rings. The predicted octanol–water partition coefficient (Wildman–Crippen LogP) is 2.52. The number of aldehydes is 1. The van der Waals surface area contributed by atoms with E-state index in [1.54, 1.807) is 24.3 Å². The first-order valence-corrected chi connectivity index (χ1v) is 3.85. The Morgan fingerprint density at radius 2 is 2.00 bits per heavy atom. The highest BCUT2D eigenvalue weighted by atomic mass is 19.1. The van der Waals surface area contributed by atoms with Gasteiger partial charge in [-0.15, -0.1) is 0 Å². The highest BCUT2D eigenvalue weighted by Gasteiger charge is 2.09. The molecule has 0 aliphatic carbocycles. The molecule has 1 aromatic carbocycles. The van der Waals surface area contributed by atoms with Gasteiger partial charge in [0.1, 0.15) is 6.29 Å². The average Bonchev–Trinajstić information content (AvgIpc) is 2.15. The van der Waals surface area contributed by atoms with Crippen molar-refractivity contribution in [3.63, 3.8) is 0 Å². The summed E-state index contributed by atoms with van der Waals surface area (Å²) in [4.78, 5) is 9.96. The minimum Gasteiger partial charge on any atom is -0.303 e. The molecule has 0 spiro atoms. The molecule has 0 saturated carbocycles. The van der Waals surface area contributed by atoms with Crippen LogP contribution in [0, 0.1) is 6.17 Å². The Kier molecular flexibility index (Phi) is 3.45. The number of carbonyl (C=O) groups excluding carboxylic acids is 1. The molecule has 0 heterocycles. The lowest BCUT2D eigenvalue weighted by Crippen LogP contribution is -1.92. The van der Waals surface area contributed by atoms with E-state index in [4.69, 9.17) is 0 Å². The second-order valence-corrected chi connectivity index (χ2v) is 2.48. The molecule has 0 amide bonds. The molecule has 0 fully saturated rings. The zero-order valence-electron chi connectivity index (χ0n) is 6.66. The normalized spacial score (nSPS) is 10.2. The number of hydrogen-bond donors (Lipinski definition) is 0. The standard InChI is InChI=1S/C10H10FO/c11-10(7-4-8-12)9-5-2-1-3-6-9/h1-3,5-6,8H,4,7H2. The summed E-state index contributed by atoms with van der Waals surface area (Å²) in [5, 5.41) is 0. The third kappa shape index (κ3) is 2.46. The first-order chi connectivity index (χ1) is 5.84. The van der Waals surface area contributed by atoms with Crippen LogP contribution in [0.4, 0.5) is 4.39 Å². The maximum absolute atomic E-state index is 13.1. The van der Waals surface area contributed by atoms with Crippen molar-refractivity contribution < 1.29 is 9.18 Å². The molecule has 0 saturated heterocycles. The lowest BCUT2D eigenvalue weighted by Gasteiger charge is -2.03. The second-order valence-electron chi connectivity index (χ2n) is 2.48. The summed E-state index contributed by atoms with van der Waals surface area (Å²) < 4.78 is 13.1. The van der Waals surface area contributed by atoms with Gasteiger partial charge < -0.3 is 4.79 Å². The van der Waals surface area contributed by atoms with Crippen molar-refractivity contribution in [1.29, 1.82) is 0 Å². The van der Waals surface area contributed by atoms with Gasteiger partial charge in [0.05, 0.1) is 0 Å². The molecule has 1 radical (unpaired) electrons. The molecule has 0 aliphatic rings. The predicted molar refractivity (Wildman–Crippen MR) is 45.2 cm³/mol. The van der Waals surface area contributed by atoms with Gasteiger partial charge >= 0.3 is 0 Å². The van der Waals surface area contributed by atoms with Crippen LogP contribution < -0.4 is 0 Å². The summed E-state index contributed by atoms with van der Waals surface area (Å²) in [6.45, 7) is 0. The first-order valence-electron chi connectivity index (χ1n) is 3.85. The van der Waals surface area contributed by atoms with E-state index in [2.05, 4.69) is 0 Å². The second kappa shape index (κ2) is 4.65. The number of halogens is 1. The van der Waals surface area contributed by atoms with Crippen LogP contribution in [0.3, 0.4) is 0 Å². The molecule has 0 N–H and O–H groups in total. The third-order valence-corrected chi connectivity index (χ3v) is 1.57. The average molecular weight is 165 g/mol. The fourth-order valence-electron chi connectivity index (χ4n) is 0.949. The molecule has 0 aliphatic heterocycles. The SMILES string of the molecule is O=CCC[C](F)c1ccccc1. The van der Waals surface area contributed by atoms with Crippen molar-refractivity contribution in [3.8, 4) is 0 Å². The van der Waals surface area contributed by atoms with Crippen LogP contribution in [0.25, 0.3) is 0 Å². The summed E-state index contributed by atoms with van der Waals surface area (Å²) in [5.41, 5.74) is 0.569. The fourth-order valence-corrected chi connectivity index (χ4v) is 0.949. The van der Waals surface area contributed by atoms with Gasteiger partial charge in [-0.1, -0.05) is 30.3 Å². The molecule has 2 heteroatoms. The molecule has 1 rings (SSSR count). The van der Waals surface area contributed by atoms with Crippen molar-refractivity contribution in [1.82, 2.24) is 0 Å². The van der Waals surface area contributed by atoms with Crippen molar-refractivity contribution in [3.05, 3.63) is 42.1 Å². The number of carbonyl (C=O) groups is 1. The summed E-state index contributed by atoms with van der Waals surface area (Å²) in [7, 11) is 0. The fraction of sp³-hybridized carbons (Fsp3) is 0.200. The van der Waals surface area contributed by atoms with E-state index in [9.17, 15) is 9.18 Å². The van der Waals surface area contributed by atoms with Crippen LogP contribution in [-0.2, 0) is 4.79 Å². The molecule has 0 bridgehead atoms. The molecule has 0 aromatic heterocycles. The number of benzene rings is 1. The third-order valence-electron chi connectivity index (χ3n) is 1.57. The van der Waals surface area contributed by atoms with Gasteiger partial charge in [-0.25, -0.2) is 4.39 Å². The Bertz CT molecular complexity index is 233. The molecule has 0 atom stereocenters. The van der Waals surface area contributed by atoms with Gasteiger partial charge in [0.2, 0.25) is 0 Å². The van der Waals surface area contributed by atoms with Crippen LogP contribution in [0.2, 0.25) is 0 Å². The molecule has 0 unspecified atom stereocenters. The zero-order chi connectivity index (χ0) is 8.81. The summed E-state index contributed by atoms with van der Waals surface area (Å²) in [6, 6.07) is 8.77. The topological polar surface area (TPSA) is 17.1 Å². The smallest absolute Gasteiger partial charge is 0.174 e. The maximum Gasteiger partial charge on any atom is 0.174 e. The molecular weight excluding hydrogens is 155 g/mol. The molecular formula is C10H10FO. The van der Waals surface area contributed by atoms with Crippen LogP contribution in [0.5, 0.6) is 0 Å². The first kappa shape index (κ1) is 8.91. The Morgan fingerprint density at radius 3 is 2.58 bits per heavy atom. The van der Waals surface area contributed by atoms with Gasteiger partial charge in [0, 0.05) is 6.42 Å². The van der Waals surface area contributed by atoms with Crippen LogP contribution in [-0.4, -0.2) is 6.29 Å². The van der Waals surface area contributed by atoms with Gasteiger partial charge in [-0.05, 0) is 12.0 Å². The van der Waals surface area contributed by atoms with Crippen molar-refractivity contribution in [2.45, 2.75) is 12.8 Å². The quantitative estimate of drug-likeness (QED) is 0.626. The Labute approximate surface area is 71.2 Å². The summed E-state index contributed by atoms with van der Waals surface area (Å²) in [6.07, 6.45) is 0.958. The van der Waals surface area contributed by atoms with Crippen molar-refractivity contribution in [2.24, 2.45) is 0 Å². The maximum atomic E-state index is 13.1. The Hall–Kier alpha value is -1.18. The number of rotatable bonds is 4. The van der Waals surface area contributed by atoms with E-state index in [0.717, 1.165) is 6.29 Å². The van der Waals surface area contributed by atoms with Gasteiger partial charge in [0.15, 0.2) is 6.17 Å². The lowest BCUT2D eigenvalue weighted by molar-refractivity contribution is -0.107. The van der Waals surface area contributed by atoms with Gasteiger partial charge in [0.25, 0.3) is 0 Å². The lowest BCUT2D eigenvalue weighted by atomic mass is 10.1. The Morgan fingerprint density at radius 1 is 1.33 bits per heavy atom. The zero-order valence-corrected chi connectivity index (χ0v) is 6.66. The van der Waals surface area contributed by atoms with Crippen LogP contribution >= 0.6 is 0 Å². The van der Waals surface area contributed by atoms with Gasteiger partial charge in [-0.2, -0.15) is 0 Å². The minimum atomic E-state index is -0.220. The van der Waals surface area contributed by atoms with Crippen molar-refractivity contribution >= 4 is 6.29 Å². The van der Waals surface area contributed by atoms with E-state index < -0.39 is 0 Å². The van der Waals surface area contributed by atoms with E-state index >= 15 is 0 Å². The highest BCUT2D eigenvalue weighted by Crippen LogP contribution is 2.20. The highest BCUT2D eigenvalue weighted by molar-refractivity contribution is 5.50.